The molecule has 1 fully saturated rings. The molecule has 0 saturated carbocycles. The van der Waals surface area contributed by atoms with E-state index < -0.39 is 29.8 Å². The van der Waals surface area contributed by atoms with E-state index in [1.54, 1.807) is 16.7 Å². The zero-order valence-corrected chi connectivity index (χ0v) is 34.3. The van der Waals surface area contributed by atoms with Crippen LogP contribution in [0.15, 0.2) is 212 Å². The number of methoxy groups -OCH3 is 1. The van der Waals surface area contributed by atoms with Crippen LogP contribution in [0.1, 0.15) is 22.3 Å². The largest absolute Gasteiger partial charge is 0.464 e. The fourth-order valence-electron chi connectivity index (χ4n) is 8.08. The Labute approximate surface area is 351 Å². The van der Waals surface area contributed by atoms with E-state index in [0.717, 1.165) is 38.2 Å². The Balaban J connectivity index is 1.38. The highest BCUT2D eigenvalue weighted by Gasteiger charge is 2.56. The van der Waals surface area contributed by atoms with Gasteiger partial charge >= 0.3 is 5.97 Å². The normalized spacial score (nSPS) is 15.0. The van der Waals surface area contributed by atoms with Crippen LogP contribution in [0, 0.1) is 11.8 Å². The molecule has 0 aliphatic carbocycles. The molecule has 59 heavy (non-hydrogen) atoms. The molecule has 0 radical (unpaired) electrons. The van der Waals surface area contributed by atoms with Crippen LogP contribution in [0.5, 0.6) is 0 Å². The highest BCUT2D eigenvalue weighted by molar-refractivity contribution is 8.00. The first-order valence-corrected chi connectivity index (χ1v) is 22.4. The van der Waals surface area contributed by atoms with Gasteiger partial charge in [0.15, 0.2) is 0 Å². The quantitative estimate of drug-likeness (QED) is 0.0444. The first-order chi connectivity index (χ1) is 29.1. The first-order valence-electron chi connectivity index (χ1n) is 19.5. The third-order valence-electron chi connectivity index (χ3n) is 10.7. The fourth-order valence-corrected chi connectivity index (χ4v) is 13.6. The van der Waals surface area contributed by atoms with E-state index in [-0.39, 0.29) is 5.91 Å². The maximum absolute atomic E-state index is 15.6. The van der Waals surface area contributed by atoms with Gasteiger partial charge < -0.3 is 4.74 Å². The molecule has 7 aromatic carbocycles. The Kier molecular flexibility index (Phi) is 12.1. The molecule has 1 N–H and O–H groups in total. The number of hydrogen-bond acceptors (Lipinski definition) is 5. The molecule has 1 aliphatic rings. The highest BCUT2D eigenvalue weighted by atomic mass is 32.2. The van der Waals surface area contributed by atoms with E-state index in [2.05, 4.69) is 90.0 Å². The van der Waals surface area contributed by atoms with Gasteiger partial charge in [-0.2, -0.15) is 0 Å². The number of carbonyl (C=O) groups is 2. The van der Waals surface area contributed by atoms with E-state index in [1.807, 2.05) is 140 Å². The average molecular weight is 807 g/mol. The van der Waals surface area contributed by atoms with Crippen molar-refractivity contribution in [3.63, 3.8) is 0 Å². The van der Waals surface area contributed by atoms with Crippen LogP contribution in [0.25, 0.3) is 0 Å². The summed E-state index contributed by atoms with van der Waals surface area (Å²) in [5.41, 5.74) is 3.23. The molecule has 8 rings (SSSR count). The second-order valence-electron chi connectivity index (χ2n) is 14.0. The van der Waals surface area contributed by atoms with Crippen molar-refractivity contribution < 1.29 is 14.3 Å². The van der Waals surface area contributed by atoms with Crippen molar-refractivity contribution in [3.05, 3.63) is 235 Å². The molecule has 7 aromatic rings. The lowest BCUT2D eigenvalue weighted by Gasteiger charge is -2.52. The molecule has 5 nitrogen and oxygen atoms in total. The molecule has 1 saturated heterocycles. The highest BCUT2D eigenvalue weighted by Crippen LogP contribution is 2.50. The van der Waals surface area contributed by atoms with Gasteiger partial charge in [-0.05, 0) is 44.7 Å². The number of nitrogens with zero attached hydrogens (tertiary/aromatic N) is 1. The van der Waals surface area contributed by atoms with Gasteiger partial charge in [-0.3, -0.25) is 15.0 Å². The maximum atomic E-state index is 15.6. The Hall–Kier alpha value is -6.35. The number of amides is 1. The number of ether oxygens (including phenoxy) is 1. The second-order valence-corrected chi connectivity index (χ2v) is 18.5. The lowest BCUT2D eigenvalue weighted by molar-refractivity contribution is -0.144. The number of carbonyl (C=O) groups excluding carboxylic acids is 2. The lowest BCUT2D eigenvalue weighted by Crippen LogP contribution is -2.74. The number of β-lactam (4-membered cyclic amide) rings is 1. The van der Waals surface area contributed by atoms with Crippen molar-refractivity contribution in [2.24, 2.45) is 0 Å². The Morgan fingerprint density at radius 3 is 1.37 bits per heavy atom. The van der Waals surface area contributed by atoms with Crippen LogP contribution in [0.3, 0.4) is 0 Å². The van der Waals surface area contributed by atoms with E-state index in [4.69, 9.17) is 4.74 Å². The number of hydrogen-bond donors (Lipinski definition) is 1. The van der Waals surface area contributed by atoms with Crippen LogP contribution in [-0.2, 0) is 19.9 Å². The lowest BCUT2D eigenvalue weighted by atomic mass is 9.76. The van der Waals surface area contributed by atoms with Gasteiger partial charge in [0.2, 0.25) is 5.91 Å². The van der Waals surface area contributed by atoms with E-state index in [0.29, 0.717) is 11.2 Å². The third-order valence-corrected chi connectivity index (χ3v) is 16.1. The molecule has 0 bridgehead atoms. The third kappa shape index (κ3) is 7.57. The van der Waals surface area contributed by atoms with E-state index in [1.165, 1.54) is 7.11 Å². The number of esters is 1. The van der Waals surface area contributed by atoms with Crippen LogP contribution in [0.2, 0.25) is 0 Å². The van der Waals surface area contributed by atoms with Gasteiger partial charge in [0.25, 0.3) is 0 Å². The average Bonchev–Trinajstić information content (AvgIpc) is 3.32. The first kappa shape index (κ1) is 39.5. The van der Waals surface area contributed by atoms with Crippen molar-refractivity contribution in [2.45, 2.75) is 17.0 Å². The minimum absolute atomic E-state index is 0.224. The van der Waals surface area contributed by atoms with Crippen molar-refractivity contribution in [3.8, 4) is 11.8 Å². The zero-order chi connectivity index (χ0) is 40.5. The minimum Gasteiger partial charge on any atom is -0.464 e. The Morgan fingerprint density at radius 2 is 0.983 bits per heavy atom. The predicted octanol–water partition coefficient (Wildman–Crippen LogP) is 8.19. The SMILES string of the molecule is COC(=O)C(N1C(=O)C(NC(c2ccccc2)(c2ccccc2)c2ccccc2)C1SCC#Cc1ccccc1)=P(c1ccccc1)(c1ccccc1)c1ccccc1. The molecule has 290 valence electrons. The molecule has 1 amide bonds. The molecule has 1 heterocycles. The summed E-state index contributed by atoms with van der Waals surface area (Å²) < 4.78 is 5.76. The molecule has 1 aliphatic heterocycles. The summed E-state index contributed by atoms with van der Waals surface area (Å²) >= 11 is 1.54. The predicted molar refractivity (Wildman–Crippen MR) is 245 cm³/mol. The van der Waals surface area contributed by atoms with Crippen LogP contribution in [0.4, 0.5) is 0 Å². The van der Waals surface area contributed by atoms with Crippen molar-refractivity contribution in [1.29, 1.82) is 0 Å². The van der Waals surface area contributed by atoms with Gasteiger partial charge in [-0.15, -0.1) is 11.8 Å². The summed E-state index contributed by atoms with van der Waals surface area (Å²) in [4.78, 5) is 32.2. The maximum Gasteiger partial charge on any atom is 0.355 e. The van der Waals surface area contributed by atoms with E-state index in [9.17, 15) is 4.79 Å². The molecule has 0 aromatic heterocycles. The number of nitrogens with one attached hydrogen (secondary N) is 1. The topological polar surface area (TPSA) is 58.6 Å². The number of benzene rings is 7. The Bertz CT molecular complexity index is 2420. The van der Waals surface area contributed by atoms with Gasteiger partial charge in [0.1, 0.15) is 16.8 Å². The summed E-state index contributed by atoms with van der Waals surface area (Å²) in [7, 11) is 1.40. The summed E-state index contributed by atoms with van der Waals surface area (Å²) in [5.74, 6) is 6.29. The monoisotopic (exact) mass is 806 g/mol. The number of likely N-dealkylation sites (tertiary alicyclic amines) is 1. The van der Waals surface area contributed by atoms with Gasteiger partial charge in [0, 0.05) is 12.4 Å². The molecular weight excluding hydrogens is 764 g/mol. The fraction of sp³-hybridized carbons (Fsp3) is 0.0962. The number of thioether (sulfide) groups is 1. The van der Waals surface area contributed by atoms with Crippen LogP contribution < -0.4 is 21.2 Å². The van der Waals surface area contributed by atoms with Crippen LogP contribution >= 0.6 is 18.6 Å². The van der Waals surface area contributed by atoms with Crippen molar-refractivity contribution in [2.75, 3.05) is 12.9 Å². The summed E-state index contributed by atoms with van der Waals surface area (Å²) in [6.07, 6.45) is 0. The molecular formula is C52H43N2O3PS. The smallest absolute Gasteiger partial charge is 0.355 e. The molecule has 0 spiro atoms. The molecule has 7 heteroatoms. The van der Waals surface area contributed by atoms with Gasteiger partial charge in [0.05, 0.1) is 18.4 Å². The standard InChI is InChI=1S/C52H43N2O3PS/c1-57-51(56)49(58(44-33-17-6-18-34-44,45-35-19-7-20-36-45)46-37-21-8-22-38-46)54-48(55)47(50(54)59-39-23-26-40-24-9-2-10-25-40)53-52(41-27-11-3-12-28-41,42-29-13-4-14-30-42)43-31-15-5-16-32-43/h2-22,24-25,27-38,47,50,53H,39H2,1H3. The summed E-state index contributed by atoms with van der Waals surface area (Å²) in [5, 5.41) is 6.21. The van der Waals surface area contributed by atoms with Crippen molar-refractivity contribution in [1.82, 2.24) is 10.2 Å². The molecule has 2 unspecified atom stereocenters. The molecule has 2 atom stereocenters. The number of rotatable bonds is 12. The van der Waals surface area contributed by atoms with Crippen molar-refractivity contribution >= 4 is 51.9 Å². The summed E-state index contributed by atoms with van der Waals surface area (Å²) in [6.45, 7) is -3.10. The summed E-state index contributed by atoms with van der Waals surface area (Å²) in [6, 6.07) is 70.2. The minimum atomic E-state index is -3.10. The Morgan fingerprint density at radius 1 is 0.610 bits per heavy atom. The van der Waals surface area contributed by atoms with Gasteiger partial charge in [-0.25, -0.2) is 4.79 Å². The second kappa shape index (κ2) is 18.1. The zero-order valence-electron chi connectivity index (χ0n) is 32.6. The van der Waals surface area contributed by atoms with Gasteiger partial charge in [-0.1, -0.05) is 212 Å². The van der Waals surface area contributed by atoms with Crippen LogP contribution in [-0.4, -0.2) is 46.5 Å². The van der Waals surface area contributed by atoms with E-state index >= 15 is 4.79 Å².